The van der Waals surface area contributed by atoms with Gasteiger partial charge in [0.05, 0.1) is 5.69 Å². The summed E-state index contributed by atoms with van der Waals surface area (Å²) in [4.78, 5) is 24.9. The van der Waals surface area contributed by atoms with Crippen molar-refractivity contribution in [3.8, 4) is 0 Å². The molecule has 1 aliphatic heterocycles. The maximum absolute atomic E-state index is 13.1. The number of amides is 1. The van der Waals surface area contributed by atoms with Crippen molar-refractivity contribution in [2.45, 2.75) is 13.5 Å². The highest BCUT2D eigenvalue weighted by Gasteiger charge is 2.26. The second kappa shape index (κ2) is 8.76. The van der Waals surface area contributed by atoms with Crippen LogP contribution in [0.2, 0.25) is 0 Å². The van der Waals surface area contributed by atoms with Gasteiger partial charge in [0.15, 0.2) is 5.13 Å². The van der Waals surface area contributed by atoms with Gasteiger partial charge < -0.3 is 9.80 Å². The summed E-state index contributed by atoms with van der Waals surface area (Å²) in [6.45, 7) is 6.18. The molecule has 0 radical (unpaired) electrons. The maximum Gasteiger partial charge on any atom is 0.266 e. The van der Waals surface area contributed by atoms with E-state index in [0.29, 0.717) is 0 Å². The number of piperazine rings is 1. The van der Waals surface area contributed by atoms with Crippen molar-refractivity contribution in [2.24, 2.45) is 0 Å². The van der Waals surface area contributed by atoms with Gasteiger partial charge in [-0.1, -0.05) is 59.9 Å². The fraction of sp³-hybridized carbons (Fsp3) is 0.304. The zero-order valence-electron chi connectivity index (χ0n) is 16.9. The summed E-state index contributed by atoms with van der Waals surface area (Å²) in [7, 11) is 1.99. The van der Waals surface area contributed by atoms with Crippen molar-refractivity contribution in [3.63, 3.8) is 0 Å². The first kappa shape index (κ1) is 19.6. The summed E-state index contributed by atoms with van der Waals surface area (Å²) in [6, 6.07) is 20.6. The van der Waals surface area contributed by atoms with Crippen molar-refractivity contribution in [1.29, 1.82) is 0 Å². The van der Waals surface area contributed by atoms with Gasteiger partial charge in [-0.15, -0.1) is 0 Å². The summed E-state index contributed by atoms with van der Waals surface area (Å²) < 4.78 is 0. The zero-order chi connectivity index (χ0) is 20.2. The van der Waals surface area contributed by atoms with E-state index < -0.39 is 0 Å². The van der Waals surface area contributed by atoms with E-state index in [0.717, 1.165) is 54.1 Å². The Morgan fingerprint density at radius 2 is 1.62 bits per heavy atom. The Hall–Kier alpha value is -2.70. The number of aromatic nitrogens is 1. The second-order valence-electron chi connectivity index (χ2n) is 7.36. The molecule has 3 aromatic rings. The Morgan fingerprint density at radius 1 is 1.00 bits per heavy atom. The summed E-state index contributed by atoms with van der Waals surface area (Å²) in [5.74, 6) is 0.104. The molecule has 5 nitrogen and oxygen atoms in total. The molecule has 1 amide bonds. The minimum absolute atomic E-state index is 0.104. The predicted octanol–water partition coefficient (Wildman–Crippen LogP) is 4.18. The van der Waals surface area contributed by atoms with Gasteiger partial charge in [0.25, 0.3) is 5.91 Å². The molecule has 1 aromatic heterocycles. The number of rotatable bonds is 5. The number of thiazole rings is 1. The van der Waals surface area contributed by atoms with E-state index in [4.69, 9.17) is 0 Å². The Kier molecular flexibility index (Phi) is 5.92. The van der Waals surface area contributed by atoms with Gasteiger partial charge in [-0.3, -0.25) is 9.69 Å². The van der Waals surface area contributed by atoms with Crippen LogP contribution in [0.4, 0.5) is 10.8 Å². The molecule has 29 heavy (non-hydrogen) atoms. The molecule has 6 heteroatoms. The molecule has 0 spiro atoms. The number of carbonyl (C=O) groups is 1. The van der Waals surface area contributed by atoms with Crippen molar-refractivity contribution in [2.75, 3.05) is 38.1 Å². The third kappa shape index (κ3) is 4.49. The molecule has 0 N–H and O–H groups in total. The normalized spacial score (nSPS) is 14.8. The van der Waals surface area contributed by atoms with E-state index in [9.17, 15) is 4.79 Å². The molecule has 0 bridgehead atoms. The largest absolute Gasteiger partial charge is 0.335 e. The lowest BCUT2D eigenvalue weighted by Crippen LogP contribution is -2.48. The third-order valence-corrected chi connectivity index (χ3v) is 6.54. The Bertz CT molecular complexity index is 950. The van der Waals surface area contributed by atoms with Crippen molar-refractivity contribution in [3.05, 3.63) is 76.8 Å². The number of nitrogens with zero attached hydrogens (tertiary/aromatic N) is 4. The molecule has 1 saturated heterocycles. The van der Waals surface area contributed by atoms with Crippen LogP contribution in [0.5, 0.6) is 0 Å². The molecule has 0 saturated carbocycles. The molecule has 0 atom stereocenters. The highest BCUT2D eigenvalue weighted by atomic mass is 32.1. The van der Waals surface area contributed by atoms with Gasteiger partial charge in [-0.2, -0.15) is 0 Å². The van der Waals surface area contributed by atoms with Crippen LogP contribution in [0.3, 0.4) is 0 Å². The highest BCUT2D eigenvalue weighted by Crippen LogP contribution is 2.31. The SMILES string of the molecule is Cc1nc(N(C)c2ccccc2)sc1C(=O)N1CCN(Cc2ccccc2)CC1. The number of anilines is 2. The van der Waals surface area contributed by atoms with E-state index in [1.165, 1.54) is 16.9 Å². The smallest absolute Gasteiger partial charge is 0.266 e. The fourth-order valence-corrected chi connectivity index (χ4v) is 4.60. The van der Waals surface area contributed by atoms with Crippen molar-refractivity contribution < 1.29 is 4.79 Å². The van der Waals surface area contributed by atoms with Crippen molar-refractivity contribution in [1.82, 2.24) is 14.8 Å². The monoisotopic (exact) mass is 406 g/mol. The fourth-order valence-electron chi connectivity index (χ4n) is 3.58. The van der Waals surface area contributed by atoms with Crippen LogP contribution in [0.15, 0.2) is 60.7 Å². The third-order valence-electron chi connectivity index (χ3n) is 5.32. The van der Waals surface area contributed by atoms with Crippen LogP contribution in [-0.2, 0) is 6.54 Å². The second-order valence-corrected chi connectivity index (χ2v) is 8.34. The Morgan fingerprint density at radius 3 is 2.28 bits per heavy atom. The Labute approximate surface area is 176 Å². The first-order valence-electron chi connectivity index (χ1n) is 9.93. The number of aryl methyl sites for hydroxylation is 1. The topological polar surface area (TPSA) is 39.7 Å². The van der Waals surface area contributed by atoms with Gasteiger partial charge in [0.1, 0.15) is 4.88 Å². The first-order valence-corrected chi connectivity index (χ1v) is 10.8. The van der Waals surface area contributed by atoms with Gasteiger partial charge in [0, 0.05) is 45.5 Å². The minimum atomic E-state index is 0.104. The molecule has 1 aliphatic rings. The molecule has 2 heterocycles. The standard InChI is InChI=1S/C23H26N4OS/c1-18-21(29-23(24-18)25(2)20-11-7-4-8-12-20)22(28)27-15-13-26(14-16-27)17-19-9-5-3-6-10-19/h3-12H,13-17H2,1-2H3. The summed E-state index contributed by atoms with van der Waals surface area (Å²) >= 11 is 1.48. The average molecular weight is 407 g/mol. The number of benzene rings is 2. The van der Waals surface area contributed by atoms with E-state index in [2.05, 4.69) is 34.1 Å². The van der Waals surface area contributed by atoms with Crippen LogP contribution >= 0.6 is 11.3 Å². The molecule has 1 fully saturated rings. The van der Waals surface area contributed by atoms with Crippen molar-refractivity contribution >= 4 is 28.1 Å². The summed E-state index contributed by atoms with van der Waals surface area (Å²) in [6.07, 6.45) is 0. The zero-order valence-corrected chi connectivity index (χ0v) is 17.7. The lowest BCUT2D eigenvalue weighted by Gasteiger charge is -2.34. The summed E-state index contributed by atoms with van der Waals surface area (Å²) in [5, 5.41) is 0.847. The van der Waals surface area contributed by atoms with Crippen LogP contribution < -0.4 is 4.90 Å². The van der Waals surface area contributed by atoms with E-state index in [-0.39, 0.29) is 5.91 Å². The summed E-state index contributed by atoms with van der Waals surface area (Å²) in [5.41, 5.74) is 3.19. The first-order chi connectivity index (χ1) is 14.1. The van der Waals surface area contributed by atoms with E-state index >= 15 is 0 Å². The Balaban J connectivity index is 1.40. The number of para-hydroxylation sites is 1. The molecular formula is C23H26N4OS. The number of hydrogen-bond acceptors (Lipinski definition) is 5. The predicted molar refractivity (Wildman–Crippen MR) is 119 cm³/mol. The van der Waals surface area contributed by atoms with Gasteiger partial charge in [0.2, 0.25) is 0 Å². The lowest BCUT2D eigenvalue weighted by molar-refractivity contribution is 0.0632. The van der Waals surface area contributed by atoms with Gasteiger partial charge >= 0.3 is 0 Å². The van der Waals surface area contributed by atoms with E-state index in [1.54, 1.807) is 0 Å². The minimum Gasteiger partial charge on any atom is -0.335 e. The molecule has 150 valence electrons. The number of carbonyl (C=O) groups excluding carboxylic acids is 1. The molecule has 0 aliphatic carbocycles. The number of hydrogen-bond donors (Lipinski definition) is 0. The quantitative estimate of drug-likeness (QED) is 0.637. The van der Waals surface area contributed by atoms with Crippen LogP contribution in [0.25, 0.3) is 0 Å². The van der Waals surface area contributed by atoms with Crippen LogP contribution in [0.1, 0.15) is 20.9 Å². The van der Waals surface area contributed by atoms with Gasteiger partial charge in [-0.05, 0) is 24.6 Å². The molecule has 0 unspecified atom stereocenters. The molecular weight excluding hydrogens is 380 g/mol. The highest BCUT2D eigenvalue weighted by molar-refractivity contribution is 7.17. The molecule has 2 aromatic carbocycles. The van der Waals surface area contributed by atoms with E-state index in [1.807, 2.05) is 60.2 Å². The average Bonchev–Trinajstić information content (AvgIpc) is 3.16. The molecule has 4 rings (SSSR count). The van der Waals surface area contributed by atoms with Crippen LogP contribution in [0, 0.1) is 6.92 Å². The van der Waals surface area contributed by atoms with Crippen LogP contribution in [-0.4, -0.2) is 53.9 Å². The lowest BCUT2D eigenvalue weighted by atomic mass is 10.2. The van der Waals surface area contributed by atoms with Gasteiger partial charge in [-0.25, -0.2) is 4.98 Å². The maximum atomic E-state index is 13.1.